The van der Waals surface area contributed by atoms with Gasteiger partial charge in [-0.05, 0) is 29.6 Å². The molecule has 0 aliphatic rings. The Balaban J connectivity index is -0.000000184. The second kappa shape index (κ2) is 47.7. The summed E-state index contributed by atoms with van der Waals surface area (Å²) in [6.45, 7) is 31.1. The Morgan fingerprint density at radius 1 is 0.408 bits per heavy atom. The second-order valence-electron chi connectivity index (χ2n) is 17.6. The van der Waals surface area contributed by atoms with Crippen LogP contribution in [0, 0.1) is 16.7 Å². The molecule has 0 rings (SSSR count). The largest absolute Gasteiger partial charge is 0.103 e. The first-order valence-electron chi connectivity index (χ1n) is 22.5. The van der Waals surface area contributed by atoms with Crippen molar-refractivity contribution in [2.24, 2.45) is 16.7 Å². The van der Waals surface area contributed by atoms with Crippen LogP contribution in [-0.4, -0.2) is 0 Å². The highest BCUT2D eigenvalue weighted by atomic mass is 14.3. The molecule has 1 unspecified atom stereocenters. The van der Waals surface area contributed by atoms with Crippen LogP contribution < -0.4 is 0 Å². The second-order valence-corrected chi connectivity index (χ2v) is 17.6. The van der Waals surface area contributed by atoms with Crippen molar-refractivity contribution in [3.8, 4) is 0 Å². The summed E-state index contributed by atoms with van der Waals surface area (Å²) < 4.78 is 0. The van der Waals surface area contributed by atoms with Crippen molar-refractivity contribution in [3.63, 3.8) is 0 Å². The Morgan fingerprint density at radius 2 is 0.612 bits per heavy atom. The Hall–Kier alpha value is -0.260. The molecule has 0 heterocycles. The van der Waals surface area contributed by atoms with Crippen LogP contribution in [0.1, 0.15) is 290 Å². The monoisotopic (exact) mass is 695 g/mol. The number of hydrogen-bond acceptors (Lipinski definition) is 0. The molecule has 1 atom stereocenters. The third-order valence-corrected chi connectivity index (χ3v) is 9.71. The van der Waals surface area contributed by atoms with Gasteiger partial charge in [0.25, 0.3) is 0 Å². The zero-order chi connectivity index (χ0) is 37.2. The maximum Gasteiger partial charge on any atom is -0.0326 e. The van der Waals surface area contributed by atoms with E-state index in [2.05, 4.69) is 89.7 Å². The highest BCUT2D eigenvalue weighted by Gasteiger charge is 2.23. The van der Waals surface area contributed by atoms with Gasteiger partial charge in [-0.25, -0.2) is 0 Å². The fraction of sp³-hybridized carbons (Fsp3) is 0.959. The SMILES string of the molecule is C.C=CCCC(C)(C)C(C)CCC.CC(C)(C)C.CCCCCCCCCCCCCCC.CCCCCCCCCCCCCCCC. The van der Waals surface area contributed by atoms with Crippen LogP contribution in [0.15, 0.2) is 12.7 Å². The van der Waals surface area contributed by atoms with E-state index >= 15 is 0 Å². The van der Waals surface area contributed by atoms with Crippen LogP contribution >= 0.6 is 0 Å². The molecule has 0 amide bonds. The molecule has 0 saturated heterocycles. The fourth-order valence-electron chi connectivity index (χ4n) is 5.90. The van der Waals surface area contributed by atoms with Crippen LogP contribution in [0.25, 0.3) is 0 Å². The van der Waals surface area contributed by atoms with Crippen molar-refractivity contribution >= 4 is 0 Å². The van der Waals surface area contributed by atoms with Gasteiger partial charge in [-0.3, -0.25) is 0 Å². The van der Waals surface area contributed by atoms with E-state index < -0.39 is 0 Å². The lowest BCUT2D eigenvalue weighted by Crippen LogP contribution is -2.21. The normalized spacial score (nSPS) is 11.6. The van der Waals surface area contributed by atoms with Crippen LogP contribution in [0.4, 0.5) is 0 Å². The standard InChI is InChI=1S/C16H34.C15H32.C12H24.C5H12.CH4/c1-3-5-7-9-11-13-15-16-14-12-10-8-6-4-2;1-3-5-7-9-11-13-15-14-12-10-8-6-4-2;1-6-8-10-12(4,5)11(3)9-7-2;1-5(2,3)4;/h3-16H2,1-2H3;3-15H2,1-2H3;6,11H,1,7-10H2,2-5H3;1-4H3;1H4. The number of unbranched alkanes of at least 4 members (excludes halogenated alkanes) is 25. The molecule has 0 aromatic carbocycles. The van der Waals surface area contributed by atoms with Gasteiger partial charge >= 0.3 is 0 Å². The molecule has 0 spiro atoms. The molecule has 49 heavy (non-hydrogen) atoms. The number of hydrogen-bond donors (Lipinski definition) is 0. The molecule has 0 N–H and O–H groups in total. The molecular formula is C49H106. The molecule has 0 nitrogen and oxygen atoms in total. The molecule has 302 valence electrons. The van der Waals surface area contributed by atoms with Gasteiger partial charge in [0, 0.05) is 0 Å². The maximum absolute atomic E-state index is 3.77. The predicted octanol–water partition coefficient (Wildman–Crippen LogP) is 19.7. The zero-order valence-electron chi connectivity index (χ0n) is 36.8. The van der Waals surface area contributed by atoms with Crippen molar-refractivity contribution in [1.82, 2.24) is 0 Å². The van der Waals surface area contributed by atoms with E-state index in [0.717, 1.165) is 12.3 Å². The molecule has 0 saturated carbocycles. The van der Waals surface area contributed by atoms with E-state index in [9.17, 15) is 0 Å². The summed E-state index contributed by atoms with van der Waals surface area (Å²) in [5.74, 6) is 0.836. The lowest BCUT2D eigenvalue weighted by atomic mass is 9.74. The van der Waals surface area contributed by atoms with Crippen molar-refractivity contribution in [2.45, 2.75) is 290 Å². The lowest BCUT2D eigenvalue weighted by Gasteiger charge is -2.31. The van der Waals surface area contributed by atoms with Crippen molar-refractivity contribution in [1.29, 1.82) is 0 Å². The molecule has 0 aliphatic carbocycles. The Morgan fingerprint density at radius 3 is 0.776 bits per heavy atom. The Bertz CT molecular complexity index is 503. The summed E-state index contributed by atoms with van der Waals surface area (Å²) in [4.78, 5) is 0. The number of rotatable bonds is 31. The minimum absolute atomic E-state index is 0. The minimum Gasteiger partial charge on any atom is -0.103 e. The zero-order valence-corrected chi connectivity index (χ0v) is 36.8. The van der Waals surface area contributed by atoms with E-state index in [0.29, 0.717) is 10.8 Å². The molecule has 0 radical (unpaired) electrons. The van der Waals surface area contributed by atoms with E-state index in [1.165, 1.54) is 193 Å². The summed E-state index contributed by atoms with van der Waals surface area (Å²) >= 11 is 0. The highest BCUT2D eigenvalue weighted by molar-refractivity contribution is 4.79. The topological polar surface area (TPSA) is 0 Å². The van der Waals surface area contributed by atoms with Gasteiger partial charge in [0.05, 0.1) is 0 Å². The van der Waals surface area contributed by atoms with Crippen molar-refractivity contribution < 1.29 is 0 Å². The van der Waals surface area contributed by atoms with Crippen LogP contribution in [-0.2, 0) is 0 Å². The van der Waals surface area contributed by atoms with Crippen LogP contribution in [0.3, 0.4) is 0 Å². The van der Waals surface area contributed by atoms with Gasteiger partial charge in [-0.2, -0.15) is 0 Å². The quantitative estimate of drug-likeness (QED) is 0.0500. The molecule has 0 fully saturated rings. The summed E-state index contributed by atoms with van der Waals surface area (Å²) in [5.41, 5.74) is 0.990. The van der Waals surface area contributed by atoms with Gasteiger partial charge in [0.1, 0.15) is 0 Å². The molecule has 0 bridgehead atoms. The smallest absolute Gasteiger partial charge is 0.0326 e. The van der Waals surface area contributed by atoms with E-state index in [1.807, 2.05) is 6.08 Å². The summed E-state index contributed by atoms with van der Waals surface area (Å²) in [7, 11) is 0. The first-order valence-corrected chi connectivity index (χ1v) is 22.5. The Labute approximate surface area is 318 Å². The molecule has 0 heteroatoms. The molecule has 0 aromatic rings. The summed E-state index contributed by atoms with van der Waals surface area (Å²) in [5, 5.41) is 0. The lowest BCUT2D eigenvalue weighted by molar-refractivity contribution is 0.201. The van der Waals surface area contributed by atoms with Gasteiger partial charge < -0.3 is 0 Å². The van der Waals surface area contributed by atoms with Gasteiger partial charge in [0.2, 0.25) is 0 Å². The minimum atomic E-state index is 0. The van der Waals surface area contributed by atoms with Gasteiger partial charge in [0.15, 0.2) is 0 Å². The predicted molar refractivity (Wildman–Crippen MR) is 236 cm³/mol. The molecule has 0 aromatic heterocycles. The van der Waals surface area contributed by atoms with E-state index in [4.69, 9.17) is 0 Å². The molecule has 0 aliphatic heterocycles. The Kier molecular flexibility index (Phi) is 56.6. The number of allylic oxidation sites excluding steroid dienone is 1. The average molecular weight is 695 g/mol. The third-order valence-electron chi connectivity index (χ3n) is 9.71. The summed E-state index contributed by atoms with van der Waals surface area (Å²) in [6.07, 6.45) is 46.5. The average Bonchev–Trinajstić information content (AvgIpc) is 3.03. The van der Waals surface area contributed by atoms with Crippen LogP contribution in [0.5, 0.6) is 0 Å². The van der Waals surface area contributed by atoms with E-state index in [1.54, 1.807) is 0 Å². The van der Waals surface area contributed by atoms with Crippen molar-refractivity contribution in [3.05, 3.63) is 12.7 Å². The van der Waals surface area contributed by atoms with E-state index in [-0.39, 0.29) is 7.43 Å². The maximum atomic E-state index is 3.77. The highest BCUT2D eigenvalue weighted by Crippen LogP contribution is 2.34. The fourth-order valence-corrected chi connectivity index (χ4v) is 5.90. The summed E-state index contributed by atoms with van der Waals surface area (Å²) in [6, 6.07) is 0. The van der Waals surface area contributed by atoms with Crippen molar-refractivity contribution in [2.75, 3.05) is 0 Å². The van der Waals surface area contributed by atoms with Gasteiger partial charge in [-0.1, -0.05) is 283 Å². The molecular weight excluding hydrogens is 589 g/mol. The van der Waals surface area contributed by atoms with Crippen LogP contribution in [0.2, 0.25) is 0 Å². The first-order chi connectivity index (χ1) is 22.9. The third kappa shape index (κ3) is 66.6. The van der Waals surface area contributed by atoms with Gasteiger partial charge in [-0.15, -0.1) is 6.58 Å². The first kappa shape index (κ1) is 58.1.